The maximum absolute atomic E-state index is 12.2. The van der Waals surface area contributed by atoms with Gasteiger partial charge in [-0.15, -0.1) is 0 Å². The number of hydrogen-bond acceptors (Lipinski definition) is 2. The van der Waals surface area contributed by atoms with Gasteiger partial charge in [-0.1, -0.05) is 0 Å². The molecule has 2 nitrogen and oxygen atoms in total. The van der Waals surface area contributed by atoms with E-state index in [0.717, 1.165) is 7.11 Å². The molecule has 0 spiro atoms. The highest BCUT2D eigenvalue weighted by atomic mass is 19.3. The van der Waals surface area contributed by atoms with Gasteiger partial charge >= 0.3 is 0 Å². The molecule has 0 aromatic carbocycles. The Balaban J connectivity index is 0.000000371. The molecule has 0 atom stereocenters. The third kappa shape index (κ3) is 3.08. The van der Waals surface area contributed by atoms with Crippen LogP contribution in [0.4, 0.5) is 8.78 Å². The fourth-order valence-electron chi connectivity index (χ4n) is 0.907. The number of aliphatic hydroxyl groups excluding tert-OH is 1. The monoisotopic (exact) mass is 153 g/mol. The van der Waals surface area contributed by atoms with Crippen LogP contribution in [0.3, 0.4) is 0 Å². The molecule has 1 aliphatic heterocycles. The van der Waals surface area contributed by atoms with Crippen molar-refractivity contribution < 1.29 is 13.9 Å². The number of rotatable bonds is 0. The van der Waals surface area contributed by atoms with Crippen molar-refractivity contribution in [3.05, 3.63) is 0 Å². The van der Waals surface area contributed by atoms with Gasteiger partial charge in [0.25, 0.3) is 5.92 Å². The van der Waals surface area contributed by atoms with Crippen molar-refractivity contribution in [2.75, 3.05) is 27.2 Å². The normalized spacial score (nSPS) is 23.7. The molecule has 0 saturated carbocycles. The summed E-state index contributed by atoms with van der Waals surface area (Å²) in [7, 11) is 2.71. The number of likely N-dealkylation sites (tertiary alicyclic amines) is 1. The van der Waals surface area contributed by atoms with Gasteiger partial charge in [0, 0.05) is 20.1 Å². The van der Waals surface area contributed by atoms with Crippen LogP contribution in [-0.2, 0) is 0 Å². The fraction of sp³-hybridized carbons (Fsp3) is 1.00. The maximum atomic E-state index is 12.2. The summed E-state index contributed by atoms with van der Waals surface area (Å²) in [4.78, 5) is 1.64. The van der Waals surface area contributed by atoms with E-state index in [1.807, 2.05) is 0 Å². The van der Waals surface area contributed by atoms with Gasteiger partial charge in [0.2, 0.25) is 0 Å². The van der Waals surface area contributed by atoms with Crippen molar-refractivity contribution in [3.8, 4) is 0 Å². The van der Waals surface area contributed by atoms with Crippen LogP contribution in [0.2, 0.25) is 0 Å². The molecule has 62 valence electrons. The second kappa shape index (κ2) is 3.83. The lowest BCUT2D eigenvalue weighted by Crippen LogP contribution is -2.21. The van der Waals surface area contributed by atoms with E-state index in [2.05, 4.69) is 0 Å². The highest BCUT2D eigenvalue weighted by Gasteiger charge is 2.35. The van der Waals surface area contributed by atoms with E-state index in [1.165, 1.54) is 0 Å². The van der Waals surface area contributed by atoms with Gasteiger partial charge in [-0.2, -0.15) is 0 Å². The van der Waals surface area contributed by atoms with Crippen LogP contribution in [-0.4, -0.2) is 43.2 Å². The minimum absolute atomic E-state index is 0.0312. The molecule has 1 rings (SSSR count). The van der Waals surface area contributed by atoms with Gasteiger partial charge in [0.15, 0.2) is 0 Å². The molecule has 0 aromatic heterocycles. The van der Waals surface area contributed by atoms with E-state index in [-0.39, 0.29) is 13.0 Å². The zero-order chi connectivity index (χ0) is 8.20. The van der Waals surface area contributed by atoms with Crippen LogP contribution in [0.15, 0.2) is 0 Å². The molecule has 0 bridgehead atoms. The zero-order valence-electron chi connectivity index (χ0n) is 6.27. The Hall–Kier alpha value is -0.220. The van der Waals surface area contributed by atoms with Crippen molar-refractivity contribution in [1.82, 2.24) is 4.90 Å². The molecule has 4 heteroatoms. The van der Waals surface area contributed by atoms with Crippen LogP contribution in [0.25, 0.3) is 0 Å². The third-order valence-electron chi connectivity index (χ3n) is 1.36. The highest BCUT2D eigenvalue weighted by Crippen LogP contribution is 2.24. The average molecular weight is 153 g/mol. The molecule has 1 saturated heterocycles. The summed E-state index contributed by atoms with van der Waals surface area (Å²) in [6.45, 7) is 0.472. The summed E-state index contributed by atoms with van der Waals surface area (Å²) in [5.41, 5.74) is 0. The van der Waals surface area contributed by atoms with Gasteiger partial charge in [-0.3, -0.25) is 0 Å². The van der Waals surface area contributed by atoms with Gasteiger partial charge in [0.1, 0.15) is 0 Å². The van der Waals surface area contributed by atoms with E-state index < -0.39 is 5.92 Å². The quantitative estimate of drug-likeness (QED) is 0.550. The van der Waals surface area contributed by atoms with E-state index in [9.17, 15) is 8.78 Å². The summed E-state index contributed by atoms with van der Waals surface area (Å²) in [6, 6.07) is 0. The molecule has 0 radical (unpaired) electrons. The Morgan fingerprint density at radius 2 is 1.90 bits per heavy atom. The van der Waals surface area contributed by atoms with E-state index in [0.29, 0.717) is 6.54 Å². The standard InChI is InChI=1S/C5H9F2N.CH4O/c1-8-3-2-5(6,7)4-8;1-2/h2-4H2,1H3;2H,1H3. The van der Waals surface area contributed by atoms with E-state index in [4.69, 9.17) is 5.11 Å². The van der Waals surface area contributed by atoms with Gasteiger partial charge in [-0.05, 0) is 7.05 Å². The van der Waals surface area contributed by atoms with Crippen molar-refractivity contribution in [3.63, 3.8) is 0 Å². The van der Waals surface area contributed by atoms with Crippen molar-refractivity contribution in [1.29, 1.82) is 0 Å². The van der Waals surface area contributed by atoms with Crippen LogP contribution in [0.5, 0.6) is 0 Å². The zero-order valence-corrected chi connectivity index (χ0v) is 6.27. The summed E-state index contributed by atoms with van der Waals surface area (Å²) < 4.78 is 24.3. The minimum atomic E-state index is -2.41. The van der Waals surface area contributed by atoms with Crippen molar-refractivity contribution in [2.24, 2.45) is 0 Å². The molecule has 1 aliphatic rings. The molecule has 1 fully saturated rings. The largest absolute Gasteiger partial charge is 0.400 e. The molecule has 10 heavy (non-hydrogen) atoms. The van der Waals surface area contributed by atoms with Crippen LogP contribution in [0, 0.1) is 0 Å². The molecular weight excluding hydrogens is 140 g/mol. The lowest BCUT2D eigenvalue weighted by Gasteiger charge is -2.06. The second-order valence-corrected chi connectivity index (χ2v) is 2.34. The molecule has 1 heterocycles. The Morgan fingerprint density at radius 3 is 2.00 bits per heavy atom. The molecule has 1 N–H and O–H groups in total. The summed E-state index contributed by atoms with van der Waals surface area (Å²) >= 11 is 0. The molecular formula is C6H13F2NO. The topological polar surface area (TPSA) is 23.5 Å². The number of halogens is 2. The summed E-state index contributed by atoms with van der Waals surface area (Å²) in [6.07, 6.45) is 0.0312. The number of aliphatic hydroxyl groups is 1. The molecule has 0 aliphatic carbocycles. The third-order valence-corrected chi connectivity index (χ3v) is 1.36. The Morgan fingerprint density at radius 1 is 1.40 bits per heavy atom. The smallest absolute Gasteiger partial charge is 0.261 e. The predicted octanol–water partition coefficient (Wildman–Crippen LogP) is 0.566. The minimum Gasteiger partial charge on any atom is -0.400 e. The molecule has 0 unspecified atom stereocenters. The van der Waals surface area contributed by atoms with E-state index >= 15 is 0 Å². The van der Waals surface area contributed by atoms with Crippen molar-refractivity contribution in [2.45, 2.75) is 12.3 Å². The van der Waals surface area contributed by atoms with Gasteiger partial charge in [-0.25, -0.2) is 8.78 Å². The summed E-state index contributed by atoms with van der Waals surface area (Å²) in [5.74, 6) is -2.41. The first-order valence-corrected chi connectivity index (χ1v) is 3.11. The number of hydrogen-bond donors (Lipinski definition) is 1. The van der Waals surface area contributed by atoms with Gasteiger partial charge < -0.3 is 10.0 Å². The first-order chi connectivity index (χ1) is 4.60. The van der Waals surface area contributed by atoms with Crippen molar-refractivity contribution >= 4 is 0 Å². The highest BCUT2D eigenvalue weighted by molar-refractivity contribution is 4.78. The first-order valence-electron chi connectivity index (χ1n) is 3.11. The Kier molecular flexibility index (Phi) is 3.75. The molecule has 0 aromatic rings. The molecule has 0 amide bonds. The van der Waals surface area contributed by atoms with Crippen LogP contribution in [0.1, 0.15) is 6.42 Å². The van der Waals surface area contributed by atoms with E-state index in [1.54, 1.807) is 11.9 Å². The number of alkyl halides is 2. The first kappa shape index (κ1) is 9.78. The Labute approximate surface area is 59.4 Å². The van der Waals surface area contributed by atoms with Crippen LogP contribution < -0.4 is 0 Å². The average Bonchev–Trinajstić information content (AvgIpc) is 2.15. The second-order valence-electron chi connectivity index (χ2n) is 2.34. The fourth-order valence-corrected chi connectivity index (χ4v) is 0.907. The lowest BCUT2D eigenvalue weighted by molar-refractivity contribution is 0.0146. The Bertz CT molecular complexity index is 97.7. The predicted molar refractivity (Wildman–Crippen MR) is 35.2 cm³/mol. The SMILES string of the molecule is CN1CCC(F)(F)C1.CO. The summed E-state index contributed by atoms with van der Waals surface area (Å²) in [5, 5.41) is 7.00. The lowest BCUT2D eigenvalue weighted by atomic mass is 10.3. The van der Waals surface area contributed by atoms with Crippen LogP contribution >= 0.6 is 0 Å². The maximum Gasteiger partial charge on any atom is 0.261 e. The number of nitrogens with zero attached hydrogens (tertiary/aromatic N) is 1. The van der Waals surface area contributed by atoms with Gasteiger partial charge in [0.05, 0.1) is 6.54 Å².